The molecule has 0 atom stereocenters. The Morgan fingerprint density at radius 3 is 2.48 bits per heavy atom. The van der Waals surface area contributed by atoms with Crippen LogP contribution in [0.15, 0.2) is 35.1 Å². The molecule has 1 N–H and O–H groups in total. The second kappa shape index (κ2) is 5.88. The van der Waals surface area contributed by atoms with E-state index in [0.29, 0.717) is 0 Å². The number of benzene rings is 1. The fraction of sp³-hybridized carbons (Fsp3) is 0.231. The van der Waals surface area contributed by atoms with Gasteiger partial charge in [0.15, 0.2) is 11.4 Å². The largest absolute Gasteiger partial charge is 0.434 e. The lowest BCUT2D eigenvalue weighted by Crippen LogP contribution is -2.27. The molecule has 0 radical (unpaired) electrons. The summed E-state index contributed by atoms with van der Waals surface area (Å²) in [7, 11) is 0. The molecule has 0 bridgehead atoms. The molecule has 112 valence electrons. The minimum Gasteiger partial charge on any atom is -0.351 e. The summed E-state index contributed by atoms with van der Waals surface area (Å²) in [5.74, 6) is -0.847. The van der Waals surface area contributed by atoms with E-state index in [-0.39, 0.29) is 12.2 Å². The molecule has 0 saturated carbocycles. The number of halogens is 4. The van der Waals surface area contributed by atoms with Crippen molar-refractivity contribution >= 4 is 21.8 Å². The van der Waals surface area contributed by atoms with Crippen molar-refractivity contribution in [3.05, 3.63) is 46.5 Å². The molecule has 1 amide bonds. The fourth-order valence-electron chi connectivity index (χ4n) is 1.83. The number of imidazole rings is 1. The molecule has 4 nitrogen and oxygen atoms in total. The van der Waals surface area contributed by atoms with Gasteiger partial charge in [0.05, 0.1) is 0 Å². The maximum atomic E-state index is 13.3. The number of alkyl halides is 3. The van der Waals surface area contributed by atoms with Gasteiger partial charge in [-0.1, -0.05) is 15.9 Å². The Morgan fingerprint density at radius 1 is 1.33 bits per heavy atom. The number of amides is 1. The van der Waals surface area contributed by atoms with Gasteiger partial charge in [0, 0.05) is 16.7 Å². The highest BCUT2D eigenvalue weighted by molar-refractivity contribution is 9.10. The van der Waals surface area contributed by atoms with Crippen LogP contribution in [0.1, 0.15) is 23.1 Å². The molecule has 0 aliphatic carbocycles. The van der Waals surface area contributed by atoms with E-state index < -0.39 is 23.5 Å². The Kier molecular flexibility index (Phi) is 4.36. The second-order valence-electron chi connectivity index (χ2n) is 4.15. The van der Waals surface area contributed by atoms with Crippen LogP contribution in [0.25, 0.3) is 5.69 Å². The summed E-state index contributed by atoms with van der Waals surface area (Å²) in [6, 6.07) is 6.23. The third-order valence-corrected chi connectivity index (χ3v) is 3.22. The molecule has 0 aliphatic heterocycles. The molecule has 1 aromatic heterocycles. The van der Waals surface area contributed by atoms with Crippen LogP contribution in [-0.4, -0.2) is 22.0 Å². The van der Waals surface area contributed by atoms with E-state index in [1.165, 1.54) is 12.1 Å². The van der Waals surface area contributed by atoms with E-state index in [1.54, 1.807) is 19.1 Å². The first-order chi connectivity index (χ1) is 9.84. The van der Waals surface area contributed by atoms with Crippen molar-refractivity contribution in [3.8, 4) is 5.69 Å². The van der Waals surface area contributed by atoms with Crippen LogP contribution in [-0.2, 0) is 6.18 Å². The van der Waals surface area contributed by atoms with Crippen molar-refractivity contribution in [1.82, 2.24) is 14.9 Å². The predicted molar refractivity (Wildman–Crippen MR) is 74.3 cm³/mol. The highest BCUT2D eigenvalue weighted by Crippen LogP contribution is 2.33. The minimum atomic E-state index is -4.69. The van der Waals surface area contributed by atoms with Gasteiger partial charge in [-0.2, -0.15) is 13.2 Å². The zero-order valence-corrected chi connectivity index (χ0v) is 12.5. The molecular formula is C13H11BrF3N3O. The van der Waals surface area contributed by atoms with Crippen molar-refractivity contribution in [3.63, 3.8) is 0 Å². The summed E-state index contributed by atoms with van der Waals surface area (Å²) in [5.41, 5.74) is -1.45. The van der Waals surface area contributed by atoms with E-state index in [0.717, 1.165) is 15.4 Å². The number of nitrogens with zero attached hydrogens (tertiary/aromatic N) is 2. The lowest BCUT2D eigenvalue weighted by Gasteiger charge is -2.13. The van der Waals surface area contributed by atoms with Crippen LogP contribution in [0.3, 0.4) is 0 Å². The fourth-order valence-corrected chi connectivity index (χ4v) is 2.09. The third kappa shape index (κ3) is 3.26. The Bertz CT molecular complexity index is 650. The summed E-state index contributed by atoms with van der Waals surface area (Å²) >= 11 is 3.21. The molecule has 0 aliphatic rings. The first-order valence-corrected chi connectivity index (χ1v) is 6.82. The highest BCUT2D eigenvalue weighted by Gasteiger charge is 2.40. The third-order valence-electron chi connectivity index (χ3n) is 2.69. The summed E-state index contributed by atoms with van der Waals surface area (Å²) < 4.78 is 41.4. The van der Waals surface area contributed by atoms with Crippen LogP contribution >= 0.6 is 15.9 Å². The van der Waals surface area contributed by atoms with Gasteiger partial charge >= 0.3 is 6.18 Å². The average molecular weight is 362 g/mol. The smallest absolute Gasteiger partial charge is 0.351 e. The molecular weight excluding hydrogens is 351 g/mol. The van der Waals surface area contributed by atoms with Gasteiger partial charge in [-0.25, -0.2) is 4.98 Å². The number of carbonyl (C=O) groups excluding carboxylic acids is 1. The van der Waals surface area contributed by atoms with Crippen molar-refractivity contribution in [1.29, 1.82) is 0 Å². The molecule has 0 fully saturated rings. The Hall–Kier alpha value is -1.83. The predicted octanol–water partition coefficient (Wildman–Crippen LogP) is 3.40. The van der Waals surface area contributed by atoms with Gasteiger partial charge in [-0.05, 0) is 31.2 Å². The summed E-state index contributed by atoms with van der Waals surface area (Å²) in [4.78, 5) is 15.3. The number of nitrogens with one attached hydrogen (secondary N) is 1. The number of aromatic nitrogens is 2. The van der Waals surface area contributed by atoms with Gasteiger partial charge in [0.25, 0.3) is 5.91 Å². The Labute approximate surface area is 127 Å². The average Bonchev–Trinajstić information content (AvgIpc) is 2.84. The quantitative estimate of drug-likeness (QED) is 0.910. The van der Waals surface area contributed by atoms with Crippen LogP contribution in [0.4, 0.5) is 13.2 Å². The molecule has 2 rings (SSSR count). The minimum absolute atomic E-state index is 0.223. The zero-order chi connectivity index (χ0) is 15.6. The molecule has 2 aromatic rings. The lowest BCUT2D eigenvalue weighted by molar-refractivity contribution is -0.142. The Morgan fingerprint density at radius 2 is 1.95 bits per heavy atom. The van der Waals surface area contributed by atoms with Crippen LogP contribution < -0.4 is 5.32 Å². The van der Waals surface area contributed by atoms with Gasteiger partial charge in [-0.15, -0.1) is 0 Å². The summed E-state index contributed by atoms with van der Waals surface area (Å²) in [6.45, 7) is 1.85. The number of hydrogen-bond acceptors (Lipinski definition) is 2. The monoisotopic (exact) mass is 361 g/mol. The molecule has 0 spiro atoms. The first kappa shape index (κ1) is 15.6. The van der Waals surface area contributed by atoms with Gasteiger partial charge in [-0.3, -0.25) is 9.36 Å². The molecule has 0 saturated heterocycles. The van der Waals surface area contributed by atoms with Crippen LogP contribution in [0, 0.1) is 0 Å². The molecule has 0 unspecified atom stereocenters. The van der Waals surface area contributed by atoms with E-state index in [1.807, 2.05) is 0 Å². The van der Waals surface area contributed by atoms with E-state index in [9.17, 15) is 18.0 Å². The zero-order valence-electron chi connectivity index (χ0n) is 10.9. The second-order valence-corrected chi connectivity index (χ2v) is 5.06. The van der Waals surface area contributed by atoms with Crippen molar-refractivity contribution < 1.29 is 18.0 Å². The highest BCUT2D eigenvalue weighted by atomic mass is 79.9. The Balaban J connectivity index is 2.57. The van der Waals surface area contributed by atoms with Crippen LogP contribution in [0.5, 0.6) is 0 Å². The van der Waals surface area contributed by atoms with E-state index >= 15 is 0 Å². The first-order valence-electron chi connectivity index (χ1n) is 6.03. The molecule has 1 heterocycles. The van der Waals surface area contributed by atoms with E-state index in [2.05, 4.69) is 26.2 Å². The van der Waals surface area contributed by atoms with E-state index in [4.69, 9.17) is 0 Å². The molecule has 1 aromatic carbocycles. The summed E-state index contributed by atoms with van der Waals surface area (Å²) in [6.07, 6.45) is -3.69. The van der Waals surface area contributed by atoms with Gasteiger partial charge in [0.1, 0.15) is 6.33 Å². The summed E-state index contributed by atoms with van der Waals surface area (Å²) in [5, 5.41) is 2.33. The number of hydrogen-bond donors (Lipinski definition) is 1. The molecule has 8 heteroatoms. The van der Waals surface area contributed by atoms with Crippen molar-refractivity contribution in [2.24, 2.45) is 0 Å². The number of carbonyl (C=O) groups is 1. The SMILES string of the molecule is CCNC(=O)c1ncn(-c2ccc(Br)cc2)c1C(F)(F)F. The van der Waals surface area contributed by atoms with Crippen molar-refractivity contribution in [2.75, 3.05) is 6.54 Å². The maximum Gasteiger partial charge on any atom is 0.434 e. The standard InChI is InChI=1S/C13H11BrF3N3O/c1-2-18-12(21)10-11(13(15,16)17)20(7-19-10)9-5-3-8(14)4-6-9/h3-7H,2H2,1H3,(H,18,21). The maximum absolute atomic E-state index is 13.3. The topological polar surface area (TPSA) is 46.9 Å². The van der Waals surface area contributed by atoms with Gasteiger partial charge in [0.2, 0.25) is 0 Å². The lowest BCUT2D eigenvalue weighted by atomic mass is 10.2. The normalized spacial score (nSPS) is 11.5. The van der Waals surface area contributed by atoms with Gasteiger partial charge < -0.3 is 5.32 Å². The van der Waals surface area contributed by atoms with Crippen LogP contribution in [0.2, 0.25) is 0 Å². The number of rotatable bonds is 3. The molecule has 21 heavy (non-hydrogen) atoms. The van der Waals surface area contributed by atoms with Crippen molar-refractivity contribution in [2.45, 2.75) is 13.1 Å².